The first kappa shape index (κ1) is 14.0. The van der Waals surface area contributed by atoms with Crippen molar-refractivity contribution in [3.05, 3.63) is 17.9 Å². The number of morpholine rings is 1. The summed E-state index contributed by atoms with van der Waals surface area (Å²) in [6.07, 6.45) is 0.557. The number of ether oxygens (including phenoxy) is 1. The van der Waals surface area contributed by atoms with Crippen molar-refractivity contribution >= 4 is 23.6 Å². The third-order valence-electron chi connectivity index (χ3n) is 2.82. The van der Waals surface area contributed by atoms with Crippen molar-refractivity contribution in [3.63, 3.8) is 0 Å². The van der Waals surface area contributed by atoms with Gasteiger partial charge < -0.3 is 19.2 Å². The minimum Gasteiger partial charge on any atom is -0.479 e. The third kappa shape index (κ3) is 3.10. The summed E-state index contributed by atoms with van der Waals surface area (Å²) in [6, 6.07) is 3.32. The molecular weight excluding hydrogens is 270 g/mol. The zero-order valence-corrected chi connectivity index (χ0v) is 11.5. The number of thioether (sulfide) groups is 1. The van der Waals surface area contributed by atoms with Gasteiger partial charge in [0.05, 0.1) is 12.6 Å². The monoisotopic (exact) mass is 285 g/mol. The molecule has 0 spiro atoms. The molecule has 2 rings (SSSR count). The van der Waals surface area contributed by atoms with Gasteiger partial charge in [-0.1, -0.05) is 11.8 Å². The summed E-state index contributed by atoms with van der Waals surface area (Å²) in [6.45, 7) is 2.14. The molecule has 1 aromatic rings. The Bertz CT molecular complexity index is 486. The van der Waals surface area contributed by atoms with Crippen LogP contribution in [0.25, 0.3) is 0 Å². The summed E-state index contributed by atoms with van der Waals surface area (Å²) in [5.74, 6) is -1.14. The zero-order valence-electron chi connectivity index (χ0n) is 10.7. The Labute approximate surface area is 114 Å². The van der Waals surface area contributed by atoms with Gasteiger partial charge in [0.25, 0.3) is 5.91 Å². The van der Waals surface area contributed by atoms with Gasteiger partial charge in [0.2, 0.25) is 0 Å². The molecule has 0 aromatic carbocycles. The lowest BCUT2D eigenvalue weighted by molar-refractivity contribution is -0.160. The van der Waals surface area contributed by atoms with E-state index in [4.69, 9.17) is 14.3 Å². The maximum Gasteiger partial charge on any atom is 0.334 e. The van der Waals surface area contributed by atoms with Crippen molar-refractivity contribution in [2.75, 3.05) is 19.3 Å². The van der Waals surface area contributed by atoms with Crippen LogP contribution in [0.4, 0.5) is 0 Å². The molecular formula is C12H15NO5S. The largest absolute Gasteiger partial charge is 0.479 e. The molecule has 6 nitrogen and oxygen atoms in total. The number of carbonyl (C=O) groups excluding carboxylic acids is 1. The van der Waals surface area contributed by atoms with Crippen LogP contribution in [0.1, 0.15) is 17.5 Å². The summed E-state index contributed by atoms with van der Waals surface area (Å²) in [5, 5.41) is 9.63. The van der Waals surface area contributed by atoms with Crippen molar-refractivity contribution < 1.29 is 23.8 Å². The first-order valence-corrected chi connectivity index (χ1v) is 7.05. The van der Waals surface area contributed by atoms with Gasteiger partial charge >= 0.3 is 5.97 Å². The van der Waals surface area contributed by atoms with Crippen molar-refractivity contribution in [1.29, 1.82) is 0 Å². The molecule has 0 bridgehead atoms. The molecule has 1 aliphatic heterocycles. The van der Waals surface area contributed by atoms with Crippen LogP contribution in [0, 0.1) is 0 Å². The highest BCUT2D eigenvalue weighted by Crippen LogP contribution is 2.21. The Balaban J connectivity index is 2.11. The minimum absolute atomic E-state index is 0.0355. The Kier molecular flexibility index (Phi) is 4.16. The predicted molar refractivity (Wildman–Crippen MR) is 68.4 cm³/mol. The molecule has 0 radical (unpaired) electrons. The topological polar surface area (TPSA) is 80.0 Å². The second kappa shape index (κ2) is 5.66. The predicted octanol–water partition coefficient (Wildman–Crippen LogP) is 1.32. The van der Waals surface area contributed by atoms with Gasteiger partial charge in [-0.3, -0.25) is 4.79 Å². The van der Waals surface area contributed by atoms with Crippen molar-refractivity contribution in [2.24, 2.45) is 0 Å². The van der Waals surface area contributed by atoms with E-state index in [1.54, 1.807) is 19.1 Å². The smallest absolute Gasteiger partial charge is 0.334 e. The highest BCUT2D eigenvalue weighted by molar-refractivity contribution is 7.98. The fourth-order valence-electron chi connectivity index (χ4n) is 1.95. The lowest BCUT2D eigenvalue weighted by Gasteiger charge is -2.34. The number of amides is 1. The number of carboxylic acid groups (broad SMARTS) is 1. The SMILES string of the molecule is CSc1ccc(C(=O)N2CC(C(=O)O)O[C@H](C)C2)o1. The average Bonchev–Trinajstić information content (AvgIpc) is 2.85. The van der Waals surface area contributed by atoms with E-state index in [1.807, 2.05) is 6.26 Å². The zero-order chi connectivity index (χ0) is 14.0. The van der Waals surface area contributed by atoms with Crippen molar-refractivity contribution in [1.82, 2.24) is 4.90 Å². The van der Waals surface area contributed by atoms with Gasteiger partial charge in [-0.25, -0.2) is 4.79 Å². The van der Waals surface area contributed by atoms with E-state index in [9.17, 15) is 9.59 Å². The van der Waals surface area contributed by atoms with Crippen LogP contribution >= 0.6 is 11.8 Å². The lowest BCUT2D eigenvalue weighted by Crippen LogP contribution is -2.51. The highest BCUT2D eigenvalue weighted by Gasteiger charge is 2.33. The molecule has 104 valence electrons. The molecule has 2 heterocycles. The highest BCUT2D eigenvalue weighted by atomic mass is 32.2. The van der Waals surface area contributed by atoms with E-state index in [0.717, 1.165) is 0 Å². The number of furan rings is 1. The summed E-state index contributed by atoms with van der Waals surface area (Å²) in [7, 11) is 0. The molecule has 1 amide bonds. The summed E-state index contributed by atoms with van der Waals surface area (Å²) >= 11 is 1.40. The molecule has 7 heteroatoms. The molecule has 2 atom stereocenters. The van der Waals surface area contributed by atoms with Crippen LogP contribution in [-0.2, 0) is 9.53 Å². The number of rotatable bonds is 3. The minimum atomic E-state index is -1.06. The molecule has 0 aliphatic carbocycles. The molecule has 1 aliphatic rings. The molecule has 19 heavy (non-hydrogen) atoms. The van der Waals surface area contributed by atoms with Crippen LogP contribution in [0.2, 0.25) is 0 Å². The quantitative estimate of drug-likeness (QED) is 0.844. The summed E-state index contributed by atoms with van der Waals surface area (Å²) < 4.78 is 10.6. The van der Waals surface area contributed by atoms with Crippen LogP contribution in [0.15, 0.2) is 21.6 Å². The fraction of sp³-hybridized carbons (Fsp3) is 0.500. The number of hydrogen-bond acceptors (Lipinski definition) is 5. The number of carbonyl (C=O) groups is 2. The molecule has 0 saturated carbocycles. The van der Waals surface area contributed by atoms with Crippen molar-refractivity contribution in [2.45, 2.75) is 24.2 Å². The van der Waals surface area contributed by atoms with Crippen LogP contribution in [0.3, 0.4) is 0 Å². The maximum absolute atomic E-state index is 12.2. The lowest BCUT2D eigenvalue weighted by atomic mass is 10.2. The molecule has 1 aromatic heterocycles. The first-order chi connectivity index (χ1) is 9.01. The van der Waals surface area contributed by atoms with E-state index < -0.39 is 12.1 Å². The van der Waals surface area contributed by atoms with Crippen LogP contribution in [-0.4, -0.2) is 53.4 Å². The Morgan fingerprint density at radius 2 is 2.16 bits per heavy atom. The van der Waals surface area contributed by atoms with Gasteiger partial charge in [0, 0.05) is 6.54 Å². The normalized spacial score (nSPS) is 23.4. The summed E-state index contributed by atoms with van der Waals surface area (Å²) in [5.41, 5.74) is 0. The first-order valence-electron chi connectivity index (χ1n) is 5.82. The molecule has 1 unspecified atom stereocenters. The van der Waals surface area contributed by atoms with E-state index in [1.165, 1.54) is 16.7 Å². The van der Waals surface area contributed by atoms with Gasteiger partial charge in [0.15, 0.2) is 17.0 Å². The number of hydrogen-bond donors (Lipinski definition) is 1. The maximum atomic E-state index is 12.2. The van der Waals surface area contributed by atoms with E-state index >= 15 is 0 Å². The van der Waals surface area contributed by atoms with Crippen LogP contribution in [0.5, 0.6) is 0 Å². The number of aliphatic carboxylic acids is 1. The fourth-order valence-corrected chi connectivity index (χ4v) is 2.33. The third-order valence-corrected chi connectivity index (χ3v) is 3.44. The van der Waals surface area contributed by atoms with Gasteiger partial charge in [-0.05, 0) is 25.3 Å². The molecule has 1 N–H and O–H groups in total. The van der Waals surface area contributed by atoms with Gasteiger partial charge in [-0.2, -0.15) is 0 Å². The van der Waals surface area contributed by atoms with Crippen LogP contribution < -0.4 is 0 Å². The van der Waals surface area contributed by atoms with Gasteiger partial charge in [0.1, 0.15) is 0 Å². The Hall–Kier alpha value is -1.47. The number of carboxylic acids is 1. The van der Waals surface area contributed by atoms with Gasteiger partial charge in [-0.15, -0.1) is 0 Å². The Morgan fingerprint density at radius 3 is 2.74 bits per heavy atom. The second-order valence-electron chi connectivity index (χ2n) is 4.31. The van der Waals surface area contributed by atoms with E-state index in [0.29, 0.717) is 11.6 Å². The Morgan fingerprint density at radius 1 is 1.42 bits per heavy atom. The second-order valence-corrected chi connectivity index (χ2v) is 5.12. The average molecular weight is 285 g/mol. The van der Waals surface area contributed by atoms with Crippen molar-refractivity contribution in [3.8, 4) is 0 Å². The van der Waals surface area contributed by atoms with E-state index in [2.05, 4.69) is 0 Å². The molecule has 1 fully saturated rings. The van der Waals surface area contributed by atoms with E-state index in [-0.39, 0.29) is 24.3 Å². The molecule has 1 saturated heterocycles. The number of nitrogens with zero attached hydrogens (tertiary/aromatic N) is 1. The summed E-state index contributed by atoms with van der Waals surface area (Å²) in [4.78, 5) is 24.6. The standard InChI is InChI=1S/C12H15NO5S/c1-7-5-13(6-9(17-7)12(15)16)11(14)8-3-4-10(18-8)19-2/h3-4,7,9H,5-6H2,1-2H3,(H,15,16)/t7-,9?/m1/s1.